The second-order valence-electron chi connectivity index (χ2n) is 7.66. The van der Waals surface area contributed by atoms with Crippen molar-refractivity contribution in [3.63, 3.8) is 0 Å². The van der Waals surface area contributed by atoms with Gasteiger partial charge in [0.2, 0.25) is 0 Å². The molecule has 1 aromatic heterocycles. The number of fused-ring (bicyclic) bond motifs is 1. The monoisotopic (exact) mass is 402 g/mol. The fourth-order valence-corrected chi connectivity index (χ4v) is 4.29. The van der Waals surface area contributed by atoms with Crippen molar-refractivity contribution in [2.24, 2.45) is 0 Å². The van der Waals surface area contributed by atoms with E-state index in [9.17, 15) is 20.4 Å². The third kappa shape index (κ3) is 3.45. The molecular formula is C23H22N4O3. The Bertz CT molecular complexity index is 1230. The molecule has 0 atom stereocenters. The van der Waals surface area contributed by atoms with Crippen LogP contribution in [-0.2, 0) is 6.54 Å². The number of nitriles is 2. The highest BCUT2D eigenvalue weighted by molar-refractivity contribution is 5.78. The lowest BCUT2D eigenvalue weighted by molar-refractivity contribution is 0.110. The van der Waals surface area contributed by atoms with Crippen molar-refractivity contribution >= 4 is 11.0 Å². The second kappa shape index (κ2) is 8.06. The average molecular weight is 402 g/mol. The van der Waals surface area contributed by atoms with Crippen LogP contribution in [-0.4, -0.2) is 27.5 Å². The van der Waals surface area contributed by atoms with Crippen molar-refractivity contribution in [3.8, 4) is 17.9 Å². The predicted molar refractivity (Wildman–Crippen MR) is 111 cm³/mol. The van der Waals surface area contributed by atoms with Gasteiger partial charge in [0.25, 0.3) is 0 Å². The molecule has 1 N–H and O–H groups in total. The van der Waals surface area contributed by atoms with Crippen LogP contribution in [0, 0.1) is 22.7 Å². The molecule has 0 saturated heterocycles. The Labute approximate surface area is 174 Å². The number of benzene rings is 2. The molecule has 1 fully saturated rings. The van der Waals surface area contributed by atoms with Crippen LogP contribution in [0.5, 0.6) is 5.75 Å². The number of nitrogens with zero attached hydrogens (tertiary/aromatic N) is 4. The molecule has 7 heteroatoms. The fraction of sp³-hybridized carbons (Fsp3) is 0.348. The molecule has 7 nitrogen and oxygen atoms in total. The Kier molecular flexibility index (Phi) is 5.31. The van der Waals surface area contributed by atoms with E-state index in [4.69, 9.17) is 4.74 Å². The molecule has 0 spiro atoms. The van der Waals surface area contributed by atoms with E-state index in [0.29, 0.717) is 35.2 Å². The van der Waals surface area contributed by atoms with Crippen LogP contribution < -0.4 is 10.4 Å². The van der Waals surface area contributed by atoms with E-state index < -0.39 is 0 Å². The summed E-state index contributed by atoms with van der Waals surface area (Å²) in [6.07, 6.45) is 2.51. The number of aliphatic hydroxyl groups is 1. The largest absolute Gasteiger partial charge is 0.495 e. The quantitative estimate of drug-likeness (QED) is 0.722. The van der Waals surface area contributed by atoms with Crippen molar-refractivity contribution in [1.29, 1.82) is 10.5 Å². The minimum atomic E-state index is -0.306. The van der Waals surface area contributed by atoms with Crippen LogP contribution in [0.1, 0.15) is 48.4 Å². The van der Waals surface area contributed by atoms with Crippen LogP contribution in [0.15, 0.2) is 41.2 Å². The minimum absolute atomic E-state index is 0.0168. The van der Waals surface area contributed by atoms with Crippen molar-refractivity contribution in [2.45, 2.75) is 44.4 Å². The molecule has 3 aromatic rings. The first-order valence-corrected chi connectivity index (χ1v) is 9.95. The lowest BCUT2D eigenvalue weighted by Crippen LogP contribution is -2.31. The number of methoxy groups -OCH3 is 1. The summed E-state index contributed by atoms with van der Waals surface area (Å²) in [5.74, 6) is 0.489. The van der Waals surface area contributed by atoms with Crippen LogP contribution in [0.2, 0.25) is 0 Å². The second-order valence-corrected chi connectivity index (χ2v) is 7.66. The Morgan fingerprint density at radius 2 is 1.83 bits per heavy atom. The zero-order chi connectivity index (χ0) is 21.3. The third-order valence-electron chi connectivity index (χ3n) is 5.85. The van der Waals surface area contributed by atoms with E-state index in [-0.39, 0.29) is 24.4 Å². The predicted octanol–water partition coefficient (Wildman–Crippen LogP) is 3.08. The first-order valence-electron chi connectivity index (χ1n) is 9.95. The van der Waals surface area contributed by atoms with Gasteiger partial charge in [-0.3, -0.25) is 9.13 Å². The summed E-state index contributed by atoms with van der Waals surface area (Å²) in [6, 6.07) is 14.8. The standard InChI is InChI=1S/C23H22N4O3/c1-30-22-9-3-16(10-17(22)13-25)14-26-21-11-15(12-24)2-8-20(21)27(23(26)29)18-4-6-19(28)7-5-18/h2-3,8-11,18-19,28H,4-7,14H2,1H3. The number of aromatic nitrogens is 2. The summed E-state index contributed by atoms with van der Waals surface area (Å²) in [7, 11) is 1.51. The lowest BCUT2D eigenvalue weighted by Gasteiger charge is -2.26. The summed E-state index contributed by atoms with van der Waals surface area (Å²) in [5.41, 5.74) is 3.03. The molecule has 0 aliphatic heterocycles. The van der Waals surface area contributed by atoms with E-state index >= 15 is 0 Å². The molecule has 0 amide bonds. The van der Waals surface area contributed by atoms with Gasteiger partial charge in [-0.2, -0.15) is 10.5 Å². The number of rotatable bonds is 4. The summed E-state index contributed by atoms with van der Waals surface area (Å²) in [6.45, 7) is 0.283. The van der Waals surface area contributed by atoms with Crippen molar-refractivity contribution in [2.75, 3.05) is 7.11 Å². The summed E-state index contributed by atoms with van der Waals surface area (Å²) < 4.78 is 8.67. The molecule has 152 valence electrons. The SMILES string of the molecule is COc1ccc(Cn2c(=O)n(C3CCC(O)CC3)c3ccc(C#N)cc32)cc1C#N. The number of hydrogen-bond acceptors (Lipinski definition) is 5. The van der Waals surface area contributed by atoms with Gasteiger partial charge in [-0.05, 0) is 61.6 Å². The average Bonchev–Trinajstić information content (AvgIpc) is 3.04. The van der Waals surface area contributed by atoms with Crippen molar-refractivity contribution < 1.29 is 9.84 Å². The van der Waals surface area contributed by atoms with E-state index in [2.05, 4.69) is 12.1 Å². The van der Waals surface area contributed by atoms with Crippen LogP contribution >= 0.6 is 0 Å². The molecule has 0 bridgehead atoms. The first kappa shape index (κ1) is 19.8. The molecule has 1 heterocycles. The molecule has 30 heavy (non-hydrogen) atoms. The molecule has 0 unspecified atom stereocenters. The van der Waals surface area contributed by atoms with Crippen molar-refractivity contribution in [3.05, 3.63) is 63.6 Å². The molecule has 2 aromatic carbocycles. The van der Waals surface area contributed by atoms with Crippen LogP contribution in [0.4, 0.5) is 0 Å². The van der Waals surface area contributed by atoms with Gasteiger partial charge < -0.3 is 9.84 Å². The molecule has 4 rings (SSSR count). The van der Waals surface area contributed by atoms with E-state index in [1.807, 2.05) is 12.1 Å². The maximum atomic E-state index is 13.4. The maximum Gasteiger partial charge on any atom is 0.329 e. The molecule has 1 aliphatic carbocycles. The van der Waals surface area contributed by atoms with Crippen molar-refractivity contribution in [1.82, 2.24) is 9.13 Å². The van der Waals surface area contributed by atoms with E-state index in [1.165, 1.54) is 7.11 Å². The lowest BCUT2D eigenvalue weighted by atomic mass is 9.93. The first-order chi connectivity index (χ1) is 14.5. The Morgan fingerprint density at radius 1 is 1.07 bits per heavy atom. The smallest absolute Gasteiger partial charge is 0.329 e. The van der Waals surface area contributed by atoms with Crippen LogP contribution in [0.25, 0.3) is 11.0 Å². The van der Waals surface area contributed by atoms with Gasteiger partial charge in [-0.15, -0.1) is 0 Å². The normalized spacial score (nSPS) is 18.7. The van der Waals surface area contributed by atoms with Gasteiger partial charge in [0.05, 0.1) is 48.0 Å². The third-order valence-corrected chi connectivity index (χ3v) is 5.85. The summed E-state index contributed by atoms with van der Waals surface area (Å²) >= 11 is 0. The Balaban J connectivity index is 1.83. The Morgan fingerprint density at radius 3 is 2.50 bits per heavy atom. The van der Waals surface area contributed by atoms with Gasteiger partial charge in [-0.25, -0.2) is 4.79 Å². The highest BCUT2D eigenvalue weighted by Gasteiger charge is 2.25. The zero-order valence-electron chi connectivity index (χ0n) is 16.7. The zero-order valence-corrected chi connectivity index (χ0v) is 16.7. The molecular weight excluding hydrogens is 380 g/mol. The van der Waals surface area contributed by atoms with Gasteiger partial charge >= 0.3 is 5.69 Å². The minimum Gasteiger partial charge on any atom is -0.495 e. The highest BCUT2D eigenvalue weighted by atomic mass is 16.5. The van der Waals surface area contributed by atoms with E-state index in [1.54, 1.807) is 33.4 Å². The number of aliphatic hydroxyl groups excluding tert-OH is 1. The fourth-order valence-electron chi connectivity index (χ4n) is 4.29. The topological polar surface area (TPSA) is 104 Å². The number of ether oxygens (including phenoxy) is 1. The van der Waals surface area contributed by atoms with Gasteiger partial charge in [0, 0.05) is 6.04 Å². The molecule has 1 saturated carbocycles. The highest BCUT2D eigenvalue weighted by Crippen LogP contribution is 2.31. The van der Waals surface area contributed by atoms with Gasteiger partial charge in [-0.1, -0.05) is 6.07 Å². The van der Waals surface area contributed by atoms with Gasteiger partial charge in [0.1, 0.15) is 11.8 Å². The van der Waals surface area contributed by atoms with E-state index in [0.717, 1.165) is 23.9 Å². The van der Waals surface area contributed by atoms with Gasteiger partial charge in [0.15, 0.2) is 0 Å². The maximum absolute atomic E-state index is 13.4. The summed E-state index contributed by atoms with van der Waals surface area (Å²) in [4.78, 5) is 13.4. The summed E-state index contributed by atoms with van der Waals surface area (Å²) in [5, 5.41) is 28.6. The molecule has 0 radical (unpaired) electrons. The Hall–Kier alpha value is -3.55. The number of imidazole rings is 1. The van der Waals surface area contributed by atoms with Crippen LogP contribution in [0.3, 0.4) is 0 Å². The molecule has 1 aliphatic rings. The number of hydrogen-bond donors (Lipinski definition) is 1.